The van der Waals surface area contributed by atoms with E-state index < -0.39 is 4.92 Å². The van der Waals surface area contributed by atoms with Crippen LogP contribution in [0.15, 0.2) is 65.7 Å². The van der Waals surface area contributed by atoms with Gasteiger partial charge in [-0.2, -0.15) is 0 Å². The van der Waals surface area contributed by atoms with Gasteiger partial charge in [-0.15, -0.1) is 0 Å². The monoisotopic (exact) mass is 358 g/mol. The normalized spacial score (nSPS) is 10.4. The standard InChI is InChI=1S/C15H11BrN4O2/c16-11-1-6-15(20(21)22)14(9-11)18-12-2-4-13(5-3-12)19-8-7-17-10-19/h1-10,18H. The van der Waals surface area contributed by atoms with E-state index in [1.165, 1.54) is 6.07 Å². The molecule has 0 radical (unpaired) electrons. The van der Waals surface area contributed by atoms with Gasteiger partial charge in [0.1, 0.15) is 5.69 Å². The van der Waals surface area contributed by atoms with Crippen LogP contribution in [0.25, 0.3) is 5.69 Å². The molecule has 3 aromatic rings. The first kappa shape index (κ1) is 14.3. The number of imidazole rings is 1. The van der Waals surface area contributed by atoms with Crippen LogP contribution in [0.4, 0.5) is 17.1 Å². The van der Waals surface area contributed by atoms with Gasteiger partial charge in [0.25, 0.3) is 5.69 Å². The quantitative estimate of drug-likeness (QED) is 0.557. The molecule has 0 unspecified atom stereocenters. The third-order valence-electron chi connectivity index (χ3n) is 3.10. The first-order valence-corrected chi connectivity index (χ1v) is 7.22. The van der Waals surface area contributed by atoms with Gasteiger partial charge < -0.3 is 9.88 Å². The van der Waals surface area contributed by atoms with E-state index in [0.29, 0.717) is 5.69 Å². The lowest BCUT2D eigenvalue weighted by atomic mass is 10.2. The van der Waals surface area contributed by atoms with Gasteiger partial charge in [0.05, 0.1) is 11.3 Å². The maximum atomic E-state index is 11.1. The Morgan fingerprint density at radius 2 is 1.95 bits per heavy atom. The zero-order valence-corrected chi connectivity index (χ0v) is 12.9. The Morgan fingerprint density at radius 3 is 2.59 bits per heavy atom. The maximum Gasteiger partial charge on any atom is 0.292 e. The van der Waals surface area contributed by atoms with Gasteiger partial charge in [0.2, 0.25) is 0 Å². The van der Waals surface area contributed by atoms with Crippen molar-refractivity contribution >= 4 is 33.0 Å². The third-order valence-corrected chi connectivity index (χ3v) is 3.60. The molecule has 3 rings (SSSR count). The van der Waals surface area contributed by atoms with Crippen LogP contribution >= 0.6 is 15.9 Å². The second kappa shape index (κ2) is 5.98. The van der Waals surface area contributed by atoms with Crippen LogP contribution in [0.2, 0.25) is 0 Å². The van der Waals surface area contributed by atoms with Crippen molar-refractivity contribution in [3.8, 4) is 5.69 Å². The zero-order chi connectivity index (χ0) is 15.5. The van der Waals surface area contributed by atoms with Crippen molar-refractivity contribution in [2.75, 3.05) is 5.32 Å². The number of benzene rings is 2. The summed E-state index contributed by atoms with van der Waals surface area (Å²) in [6.07, 6.45) is 5.26. The average molecular weight is 359 g/mol. The fourth-order valence-electron chi connectivity index (χ4n) is 2.05. The average Bonchev–Trinajstić information content (AvgIpc) is 3.02. The Balaban J connectivity index is 1.87. The molecule has 0 saturated heterocycles. The number of rotatable bonds is 4. The SMILES string of the molecule is O=[N+]([O-])c1ccc(Br)cc1Nc1ccc(-n2ccnc2)cc1. The Kier molecular flexibility index (Phi) is 3.88. The summed E-state index contributed by atoms with van der Waals surface area (Å²) in [4.78, 5) is 14.7. The first-order valence-electron chi connectivity index (χ1n) is 6.43. The van der Waals surface area contributed by atoms with Gasteiger partial charge >= 0.3 is 0 Å². The topological polar surface area (TPSA) is 73.0 Å². The lowest BCUT2D eigenvalue weighted by Gasteiger charge is -2.09. The van der Waals surface area contributed by atoms with E-state index >= 15 is 0 Å². The van der Waals surface area contributed by atoms with Gasteiger partial charge in [0, 0.05) is 34.3 Å². The summed E-state index contributed by atoms with van der Waals surface area (Å²) in [5.41, 5.74) is 2.20. The Labute approximate surface area is 134 Å². The van der Waals surface area contributed by atoms with E-state index in [2.05, 4.69) is 26.2 Å². The van der Waals surface area contributed by atoms with Crippen molar-refractivity contribution in [1.29, 1.82) is 0 Å². The van der Waals surface area contributed by atoms with Crippen LogP contribution in [0, 0.1) is 10.1 Å². The van der Waals surface area contributed by atoms with E-state index in [0.717, 1.165) is 15.8 Å². The molecule has 1 N–H and O–H groups in total. The Morgan fingerprint density at radius 1 is 1.18 bits per heavy atom. The van der Waals surface area contributed by atoms with E-state index in [-0.39, 0.29) is 5.69 Å². The van der Waals surface area contributed by atoms with Crippen LogP contribution in [-0.2, 0) is 0 Å². The molecule has 110 valence electrons. The second-order valence-electron chi connectivity index (χ2n) is 4.56. The third kappa shape index (κ3) is 2.99. The van der Waals surface area contributed by atoms with Gasteiger partial charge in [-0.1, -0.05) is 15.9 Å². The molecule has 7 heteroatoms. The van der Waals surface area contributed by atoms with E-state index in [1.54, 1.807) is 24.7 Å². The number of anilines is 2. The van der Waals surface area contributed by atoms with Crippen LogP contribution < -0.4 is 5.32 Å². The largest absolute Gasteiger partial charge is 0.350 e. The molecular formula is C15H11BrN4O2. The number of halogens is 1. The van der Waals surface area contributed by atoms with Crippen molar-refractivity contribution in [3.05, 3.63) is 75.8 Å². The molecule has 0 fully saturated rings. The molecule has 0 aliphatic heterocycles. The highest BCUT2D eigenvalue weighted by molar-refractivity contribution is 9.10. The molecule has 0 spiro atoms. The Hall–Kier alpha value is -2.67. The predicted molar refractivity (Wildman–Crippen MR) is 87.6 cm³/mol. The summed E-state index contributed by atoms with van der Waals surface area (Å²) in [5.74, 6) is 0. The summed E-state index contributed by atoms with van der Waals surface area (Å²) in [6.45, 7) is 0. The molecule has 0 bridgehead atoms. The molecule has 1 heterocycles. The summed E-state index contributed by atoms with van der Waals surface area (Å²) in [7, 11) is 0. The van der Waals surface area contributed by atoms with Crippen molar-refractivity contribution in [2.24, 2.45) is 0 Å². The molecular weight excluding hydrogens is 348 g/mol. The summed E-state index contributed by atoms with van der Waals surface area (Å²) in [6, 6.07) is 12.3. The van der Waals surface area contributed by atoms with Crippen molar-refractivity contribution in [2.45, 2.75) is 0 Å². The van der Waals surface area contributed by atoms with E-state index in [9.17, 15) is 10.1 Å². The molecule has 0 aliphatic rings. The highest BCUT2D eigenvalue weighted by Gasteiger charge is 2.13. The second-order valence-corrected chi connectivity index (χ2v) is 5.48. The highest BCUT2D eigenvalue weighted by atomic mass is 79.9. The lowest BCUT2D eigenvalue weighted by Crippen LogP contribution is -1.97. The van der Waals surface area contributed by atoms with Gasteiger partial charge in [0.15, 0.2) is 0 Å². The number of hydrogen-bond acceptors (Lipinski definition) is 4. The molecule has 2 aromatic carbocycles. The number of nitrogens with zero attached hydrogens (tertiary/aromatic N) is 3. The van der Waals surface area contributed by atoms with Crippen LogP contribution in [0.5, 0.6) is 0 Å². The van der Waals surface area contributed by atoms with Gasteiger partial charge in [-0.05, 0) is 36.4 Å². The summed E-state index contributed by atoms with van der Waals surface area (Å²) >= 11 is 3.32. The van der Waals surface area contributed by atoms with Crippen LogP contribution in [0.3, 0.4) is 0 Å². The molecule has 6 nitrogen and oxygen atoms in total. The molecule has 1 aromatic heterocycles. The van der Waals surface area contributed by atoms with Crippen molar-refractivity contribution < 1.29 is 4.92 Å². The van der Waals surface area contributed by atoms with Gasteiger partial charge in [-0.25, -0.2) is 4.98 Å². The molecule has 0 atom stereocenters. The minimum Gasteiger partial charge on any atom is -0.350 e. The number of hydrogen-bond donors (Lipinski definition) is 1. The first-order chi connectivity index (χ1) is 10.6. The smallest absolute Gasteiger partial charge is 0.292 e. The number of nitro groups is 1. The highest BCUT2D eigenvalue weighted by Crippen LogP contribution is 2.30. The van der Waals surface area contributed by atoms with E-state index in [1.807, 2.05) is 35.0 Å². The minimum absolute atomic E-state index is 0.0295. The lowest BCUT2D eigenvalue weighted by molar-refractivity contribution is -0.383. The van der Waals surface area contributed by atoms with Crippen LogP contribution in [0.1, 0.15) is 0 Å². The van der Waals surface area contributed by atoms with Crippen LogP contribution in [-0.4, -0.2) is 14.5 Å². The van der Waals surface area contributed by atoms with Gasteiger partial charge in [-0.3, -0.25) is 10.1 Å². The molecule has 0 saturated carbocycles. The molecule has 22 heavy (non-hydrogen) atoms. The maximum absolute atomic E-state index is 11.1. The minimum atomic E-state index is -0.408. The Bertz CT molecular complexity index is 801. The number of nitrogens with one attached hydrogen (secondary N) is 1. The number of aromatic nitrogens is 2. The predicted octanol–water partition coefficient (Wildman–Crippen LogP) is 4.29. The van der Waals surface area contributed by atoms with Crippen molar-refractivity contribution in [3.63, 3.8) is 0 Å². The summed E-state index contributed by atoms with van der Waals surface area (Å²) < 4.78 is 2.65. The van der Waals surface area contributed by atoms with Crippen molar-refractivity contribution in [1.82, 2.24) is 9.55 Å². The number of nitro benzene ring substituents is 1. The summed E-state index contributed by atoms with van der Waals surface area (Å²) in [5, 5.41) is 14.1. The molecule has 0 aliphatic carbocycles. The zero-order valence-electron chi connectivity index (χ0n) is 11.3. The molecule has 0 amide bonds. The fourth-order valence-corrected chi connectivity index (χ4v) is 2.41. The fraction of sp³-hybridized carbons (Fsp3) is 0. The van der Waals surface area contributed by atoms with E-state index in [4.69, 9.17) is 0 Å².